The Kier molecular flexibility index (Phi) is 3.90. The largest absolute Gasteiger partial charge is 0.507 e. The standard InChI is InChI=1S/C11H12O5/c12-4-2-1-3-7-5-8(11(15)16)10(14)6-9(7)13/h1,3,5-6,12-14H,2,4H2,(H,15,16). The Morgan fingerprint density at radius 2 is 1.94 bits per heavy atom. The molecule has 0 aliphatic carbocycles. The lowest BCUT2D eigenvalue weighted by atomic mass is 10.1. The summed E-state index contributed by atoms with van der Waals surface area (Å²) in [5.74, 6) is -1.96. The van der Waals surface area contributed by atoms with E-state index in [4.69, 9.17) is 10.2 Å². The molecular formula is C11H12O5. The van der Waals surface area contributed by atoms with Gasteiger partial charge in [-0.2, -0.15) is 0 Å². The van der Waals surface area contributed by atoms with Gasteiger partial charge in [-0.1, -0.05) is 12.2 Å². The van der Waals surface area contributed by atoms with E-state index >= 15 is 0 Å². The Morgan fingerprint density at radius 3 is 2.50 bits per heavy atom. The molecule has 0 aliphatic heterocycles. The fourth-order valence-electron chi connectivity index (χ4n) is 1.18. The number of carbonyl (C=O) groups is 1. The lowest BCUT2D eigenvalue weighted by Crippen LogP contribution is -1.97. The van der Waals surface area contributed by atoms with Gasteiger partial charge in [0.1, 0.15) is 17.1 Å². The van der Waals surface area contributed by atoms with E-state index in [1.165, 1.54) is 12.1 Å². The molecule has 1 aromatic carbocycles. The highest BCUT2D eigenvalue weighted by Gasteiger charge is 2.12. The minimum absolute atomic E-state index is 0.0267. The third-order valence-electron chi connectivity index (χ3n) is 1.97. The van der Waals surface area contributed by atoms with Crippen molar-refractivity contribution in [2.75, 3.05) is 6.61 Å². The number of phenols is 2. The van der Waals surface area contributed by atoms with Gasteiger partial charge in [0.25, 0.3) is 0 Å². The second-order valence-corrected chi connectivity index (χ2v) is 3.15. The number of carboxylic acids is 1. The summed E-state index contributed by atoms with van der Waals surface area (Å²) < 4.78 is 0. The van der Waals surface area contributed by atoms with Crippen LogP contribution in [0.5, 0.6) is 11.5 Å². The molecule has 16 heavy (non-hydrogen) atoms. The number of aliphatic hydroxyl groups excluding tert-OH is 1. The van der Waals surface area contributed by atoms with Crippen molar-refractivity contribution in [2.24, 2.45) is 0 Å². The lowest BCUT2D eigenvalue weighted by Gasteiger charge is -2.04. The zero-order valence-electron chi connectivity index (χ0n) is 8.42. The van der Waals surface area contributed by atoms with E-state index < -0.39 is 11.7 Å². The lowest BCUT2D eigenvalue weighted by molar-refractivity contribution is 0.0693. The molecule has 1 aromatic rings. The van der Waals surface area contributed by atoms with E-state index in [1.807, 2.05) is 0 Å². The number of hydrogen-bond donors (Lipinski definition) is 4. The molecule has 0 unspecified atom stereocenters. The van der Waals surface area contributed by atoms with Gasteiger partial charge < -0.3 is 20.4 Å². The van der Waals surface area contributed by atoms with Crippen molar-refractivity contribution < 1.29 is 25.2 Å². The number of benzene rings is 1. The monoisotopic (exact) mass is 224 g/mol. The summed E-state index contributed by atoms with van der Waals surface area (Å²) in [5, 5.41) is 36.0. The van der Waals surface area contributed by atoms with Crippen LogP contribution in [0.25, 0.3) is 6.08 Å². The van der Waals surface area contributed by atoms with Crippen molar-refractivity contribution in [1.29, 1.82) is 0 Å². The molecule has 5 nitrogen and oxygen atoms in total. The van der Waals surface area contributed by atoms with Gasteiger partial charge in [-0.05, 0) is 12.5 Å². The normalized spacial score (nSPS) is 10.8. The van der Waals surface area contributed by atoms with Crippen LogP contribution in [0.2, 0.25) is 0 Å². The summed E-state index contributed by atoms with van der Waals surface area (Å²) in [6.07, 6.45) is 3.48. The topological polar surface area (TPSA) is 98.0 Å². The number of carboxylic acid groups (broad SMARTS) is 1. The maximum Gasteiger partial charge on any atom is 0.339 e. The molecule has 86 valence electrons. The SMILES string of the molecule is O=C(O)c1cc(C=CCCO)c(O)cc1O. The highest BCUT2D eigenvalue weighted by Crippen LogP contribution is 2.28. The molecule has 0 atom stereocenters. The first kappa shape index (κ1) is 12.1. The summed E-state index contributed by atoms with van der Waals surface area (Å²) >= 11 is 0. The van der Waals surface area contributed by atoms with Gasteiger partial charge in [0.05, 0.1) is 0 Å². The molecule has 0 aliphatic rings. The number of phenolic OH excluding ortho intramolecular Hbond substituents is 1. The van der Waals surface area contributed by atoms with Crippen molar-refractivity contribution >= 4 is 12.0 Å². The van der Waals surface area contributed by atoms with Crippen LogP contribution in [-0.4, -0.2) is 33.0 Å². The maximum atomic E-state index is 10.7. The Morgan fingerprint density at radius 1 is 1.25 bits per heavy atom. The van der Waals surface area contributed by atoms with Crippen molar-refractivity contribution in [2.45, 2.75) is 6.42 Å². The molecule has 0 saturated heterocycles. The van der Waals surface area contributed by atoms with Gasteiger partial charge in [-0.15, -0.1) is 0 Å². The number of aromatic hydroxyl groups is 2. The highest BCUT2D eigenvalue weighted by atomic mass is 16.4. The zero-order valence-corrected chi connectivity index (χ0v) is 8.42. The van der Waals surface area contributed by atoms with Crippen LogP contribution in [0.3, 0.4) is 0 Å². The van der Waals surface area contributed by atoms with E-state index in [0.29, 0.717) is 6.42 Å². The van der Waals surface area contributed by atoms with Crippen molar-refractivity contribution in [3.63, 3.8) is 0 Å². The Balaban J connectivity index is 3.09. The van der Waals surface area contributed by atoms with Gasteiger partial charge in [-0.3, -0.25) is 0 Å². The summed E-state index contributed by atoms with van der Waals surface area (Å²) in [5.41, 5.74) is 0.00472. The van der Waals surface area contributed by atoms with Crippen molar-refractivity contribution in [3.05, 3.63) is 29.3 Å². The highest BCUT2D eigenvalue weighted by molar-refractivity contribution is 5.92. The van der Waals surface area contributed by atoms with Gasteiger partial charge in [-0.25, -0.2) is 4.79 Å². The first-order chi connectivity index (χ1) is 7.56. The van der Waals surface area contributed by atoms with Crippen molar-refractivity contribution in [1.82, 2.24) is 0 Å². The Labute approximate surface area is 91.9 Å². The van der Waals surface area contributed by atoms with E-state index in [1.54, 1.807) is 6.08 Å². The van der Waals surface area contributed by atoms with Crippen molar-refractivity contribution in [3.8, 4) is 11.5 Å². The average Bonchev–Trinajstić information content (AvgIpc) is 2.21. The maximum absolute atomic E-state index is 10.7. The second kappa shape index (κ2) is 5.18. The van der Waals surface area contributed by atoms with E-state index in [-0.39, 0.29) is 23.5 Å². The van der Waals surface area contributed by atoms with E-state index in [2.05, 4.69) is 0 Å². The molecule has 4 N–H and O–H groups in total. The van der Waals surface area contributed by atoms with Crippen LogP contribution < -0.4 is 0 Å². The number of aliphatic hydroxyl groups is 1. The second-order valence-electron chi connectivity index (χ2n) is 3.15. The van der Waals surface area contributed by atoms with Crippen LogP contribution in [0.1, 0.15) is 22.3 Å². The smallest absolute Gasteiger partial charge is 0.339 e. The molecule has 0 fully saturated rings. The third kappa shape index (κ3) is 2.74. The summed E-state index contributed by atoms with van der Waals surface area (Å²) in [7, 11) is 0. The summed E-state index contributed by atoms with van der Waals surface area (Å²) in [6, 6.07) is 2.14. The van der Waals surface area contributed by atoms with E-state index in [9.17, 15) is 15.0 Å². The molecule has 0 spiro atoms. The molecule has 0 aromatic heterocycles. The van der Waals surface area contributed by atoms with Crippen LogP contribution in [0, 0.1) is 0 Å². The van der Waals surface area contributed by atoms with Crippen LogP contribution in [0.4, 0.5) is 0 Å². The first-order valence-electron chi connectivity index (χ1n) is 4.63. The number of rotatable bonds is 4. The van der Waals surface area contributed by atoms with Gasteiger partial charge in [0.2, 0.25) is 0 Å². The summed E-state index contributed by atoms with van der Waals surface area (Å²) in [4.78, 5) is 10.7. The molecule has 0 bridgehead atoms. The van der Waals surface area contributed by atoms with Gasteiger partial charge in [0.15, 0.2) is 0 Å². The molecule has 1 rings (SSSR count). The molecular weight excluding hydrogens is 212 g/mol. The molecule has 5 heteroatoms. The Hall–Kier alpha value is -2.01. The van der Waals surface area contributed by atoms with E-state index in [0.717, 1.165) is 6.07 Å². The first-order valence-corrected chi connectivity index (χ1v) is 4.63. The van der Waals surface area contributed by atoms with Gasteiger partial charge in [0, 0.05) is 18.2 Å². The molecule has 0 heterocycles. The minimum Gasteiger partial charge on any atom is -0.507 e. The van der Waals surface area contributed by atoms with Crippen LogP contribution in [-0.2, 0) is 0 Å². The molecule has 0 saturated carbocycles. The quantitative estimate of drug-likeness (QED) is 0.615. The molecule has 0 radical (unpaired) electrons. The fourth-order valence-corrected chi connectivity index (χ4v) is 1.18. The predicted octanol–water partition coefficient (Wildman–Crippen LogP) is 1.19. The third-order valence-corrected chi connectivity index (χ3v) is 1.97. The van der Waals surface area contributed by atoms with Gasteiger partial charge >= 0.3 is 5.97 Å². The summed E-state index contributed by atoms with van der Waals surface area (Å²) in [6.45, 7) is -0.0267. The fraction of sp³-hybridized carbons (Fsp3) is 0.182. The minimum atomic E-state index is -1.27. The van der Waals surface area contributed by atoms with Crippen LogP contribution in [0.15, 0.2) is 18.2 Å². The van der Waals surface area contributed by atoms with Crippen LogP contribution >= 0.6 is 0 Å². The zero-order chi connectivity index (χ0) is 12.1. The average molecular weight is 224 g/mol. The number of hydrogen-bond acceptors (Lipinski definition) is 4. The molecule has 0 amide bonds. The number of aromatic carboxylic acids is 1. The Bertz CT molecular complexity index is 423. The predicted molar refractivity (Wildman–Crippen MR) is 57.5 cm³/mol.